The Balaban J connectivity index is 2.52. The van der Waals surface area contributed by atoms with Gasteiger partial charge in [0.2, 0.25) is 0 Å². The molecule has 11 heavy (non-hydrogen) atoms. The predicted octanol–water partition coefficient (Wildman–Crippen LogP) is -0.938. The maximum atomic E-state index is 9.41. The minimum Gasteiger partial charge on any atom is -0.391 e. The molecule has 1 aliphatic rings. The van der Waals surface area contributed by atoms with Gasteiger partial charge in [-0.1, -0.05) is 0 Å². The fraction of sp³-hybridized carbons (Fsp3) is 1.00. The third kappa shape index (κ3) is 1.90. The van der Waals surface area contributed by atoms with E-state index in [-0.39, 0.29) is 18.6 Å². The van der Waals surface area contributed by atoms with Crippen LogP contribution in [-0.2, 0) is 4.74 Å². The van der Waals surface area contributed by atoms with Crippen molar-refractivity contribution in [2.24, 2.45) is 0 Å². The second-order valence-corrected chi connectivity index (χ2v) is 2.91. The monoisotopic (exact) mass is 161 g/mol. The second kappa shape index (κ2) is 3.49. The molecule has 4 atom stereocenters. The fourth-order valence-corrected chi connectivity index (χ4v) is 1.48. The molecule has 4 heteroatoms. The first-order valence-corrected chi connectivity index (χ1v) is 3.84. The summed E-state index contributed by atoms with van der Waals surface area (Å²) in [5.41, 5.74) is 0. The van der Waals surface area contributed by atoms with Crippen molar-refractivity contribution >= 4 is 0 Å². The number of rotatable bonds is 1. The lowest BCUT2D eigenvalue weighted by molar-refractivity contribution is -0.195. The van der Waals surface area contributed by atoms with Crippen LogP contribution in [0.2, 0.25) is 0 Å². The lowest BCUT2D eigenvalue weighted by Crippen LogP contribution is -2.53. The van der Waals surface area contributed by atoms with Crippen LogP contribution < -0.4 is 5.32 Å². The van der Waals surface area contributed by atoms with Crippen molar-refractivity contribution in [3.05, 3.63) is 0 Å². The molecule has 0 aromatic carbocycles. The largest absolute Gasteiger partial charge is 0.391 e. The van der Waals surface area contributed by atoms with Crippen molar-refractivity contribution in [2.75, 3.05) is 7.05 Å². The van der Waals surface area contributed by atoms with E-state index in [1.807, 2.05) is 6.92 Å². The Morgan fingerprint density at radius 3 is 2.55 bits per heavy atom. The molecule has 0 aromatic rings. The summed E-state index contributed by atoms with van der Waals surface area (Å²) in [5.74, 6) is 0. The number of aliphatic hydroxyl groups excluding tert-OH is 2. The molecule has 66 valence electrons. The first kappa shape index (κ1) is 8.93. The van der Waals surface area contributed by atoms with Crippen LogP contribution in [0.25, 0.3) is 0 Å². The first-order valence-electron chi connectivity index (χ1n) is 3.84. The van der Waals surface area contributed by atoms with Crippen LogP contribution in [0, 0.1) is 0 Å². The van der Waals surface area contributed by atoms with Crippen molar-refractivity contribution in [1.82, 2.24) is 5.32 Å². The molecule has 4 unspecified atom stereocenters. The van der Waals surface area contributed by atoms with Gasteiger partial charge in [-0.15, -0.1) is 0 Å². The molecular formula is C7H15NO3. The van der Waals surface area contributed by atoms with E-state index in [9.17, 15) is 5.11 Å². The van der Waals surface area contributed by atoms with Crippen molar-refractivity contribution in [1.29, 1.82) is 0 Å². The average molecular weight is 161 g/mol. The number of hydrogen-bond acceptors (Lipinski definition) is 4. The van der Waals surface area contributed by atoms with E-state index in [0.717, 1.165) is 0 Å². The molecule has 0 saturated carbocycles. The normalized spacial score (nSPS) is 45.8. The van der Waals surface area contributed by atoms with Crippen LogP contribution in [0.15, 0.2) is 0 Å². The molecule has 0 bridgehead atoms. The Labute approximate surface area is 66.2 Å². The summed E-state index contributed by atoms with van der Waals surface area (Å²) >= 11 is 0. The second-order valence-electron chi connectivity index (χ2n) is 2.91. The highest BCUT2D eigenvalue weighted by Gasteiger charge is 2.33. The summed E-state index contributed by atoms with van der Waals surface area (Å²) in [6.45, 7) is 1.83. The predicted molar refractivity (Wildman–Crippen MR) is 40.0 cm³/mol. The lowest BCUT2D eigenvalue weighted by atomic mass is 10.00. The van der Waals surface area contributed by atoms with E-state index >= 15 is 0 Å². The van der Waals surface area contributed by atoms with Crippen LogP contribution >= 0.6 is 0 Å². The molecule has 1 saturated heterocycles. The van der Waals surface area contributed by atoms with Gasteiger partial charge in [-0.3, -0.25) is 0 Å². The number of hydrogen-bond donors (Lipinski definition) is 3. The summed E-state index contributed by atoms with van der Waals surface area (Å²) in [7, 11) is 1.77. The minimum absolute atomic E-state index is 0.0709. The Bertz CT molecular complexity index is 119. The highest BCUT2D eigenvalue weighted by Crippen LogP contribution is 2.17. The molecule has 1 heterocycles. The quantitative estimate of drug-likeness (QED) is 0.464. The van der Waals surface area contributed by atoms with Crippen LogP contribution in [-0.4, -0.2) is 41.8 Å². The zero-order valence-corrected chi connectivity index (χ0v) is 6.82. The third-order valence-corrected chi connectivity index (χ3v) is 2.07. The van der Waals surface area contributed by atoms with E-state index < -0.39 is 12.4 Å². The smallest absolute Gasteiger partial charge is 0.157 e. The molecule has 1 aliphatic heterocycles. The molecule has 0 aliphatic carbocycles. The van der Waals surface area contributed by atoms with Crippen molar-refractivity contribution in [2.45, 2.75) is 37.9 Å². The molecule has 3 N–H and O–H groups in total. The van der Waals surface area contributed by atoms with Crippen molar-refractivity contribution in [3.8, 4) is 0 Å². The summed E-state index contributed by atoms with van der Waals surface area (Å²) in [6, 6.07) is -0.0709. The van der Waals surface area contributed by atoms with Gasteiger partial charge in [0.05, 0.1) is 18.2 Å². The van der Waals surface area contributed by atoms with Crippen LogP contribution in [0.5, 0.6) is 0 Å². The van der Waals surface area contributed by atoms with Gasteiger partial charge in [-0.25, -0.2) is 0 Å². The van der Waals surface area contributed by atoms with Gasteiger partial charge in [0, 0.05) is 6.42 Å². The van der Waals surface area contributed by atoms with E-state index in [2.05, 4.69) is 5.32 Å². The van der Waals surface area contributed by atoms with Gasteiger partial charge in [0.1, 0.15) is 0 Å². The fourth-order valence-electron chi connectivity index (χ4n) is 1.48. The Morgan fingerprint density at radius 1 is 1.45 bits per heavy atom. The van der Waals surface area contributed by atoms with E-state index in [1.165, 1.54) is 0 Å². The Hall–Kier alpha value is -0.160. The molecule has 1 rings (SSSR count). The minimum atomic E-state index is -0.815. The van der Waals surface area contributed by atoms with Crippen molar-refractivity contribution < 1.29 is 14.9 Å². The highest BCUT2D eigenvalue weighted by molar-refractivity contribution is 4.84. The summed E-state index contributed by atoms with van der Waals surface area (Å²) in [5, 5.41) is 21.4. The topological polar surface area (TPSA) is 61.7 Å². The van der Waals surface area contributed by atoms with Gasteiger partial charge in [0.15, 0.2) is 6.29 Å². The van der Waals surface area contributed by atoms with Crippen molar-refractivity contribution in [3.63, 3.8) is 0 Å². The Kier molecular flexibility index (Phi) is 2.84. The van der Waals surface area contributed by atoms with Gasteiger partial charge in [-0.05, 0) is 14.0 Å². The molecular weight excluding hydrogens is 146 g/mol. The summed E-state index contributed by atoms with van der Waals surface area (Å²) in [4.78, 5) is 0. The van der Waals surface area contributed by atoms with E-state index in [1.54, 1.807) is 7.05 Å². The standard InChI is InChI=1S/C7H15NO3/c1-4-7(8-2)5(9)3-6(10)11-4/h4-10H,3H2,1-2H3. The van der Waals surface area contributed by atoms with Crippen LogP contribution in [0.4, 0.5) is 0 Å². The van der Waals surface area contributed by atoms with Gasteiger partial charge in [0.25, 0.3) is 0 Å². The SMILES string of the molecule is CNC1C(O)CC(O)OC1C. The van der Waals surface area contributed by atoms with Gasteiger partial charge in [-0.2, -0.15) is 0 Å². The zero-order valence-electron chi connectivity index (χ0n) is 6.82. The number of likely N-dealkylation sites (N-methyl/N-ethyl adjacent to an activating group) is 1. The number of ether oxygens (including phenoxy) is 1. The van der Waals surface area contributed by atoms with Gasteiger partial charge < -0.3 is 20.3 Å². The molecule has 0 spiro atoms. The number of aliphatic hydroxyl groups is 2. The summed E-state index contributed by atoms with van der Waals surface area (Å²) in [6.07, 6.45) is -1.18. The first-order chi connectivity index (χ1) is 5.15. The summed E-state index contributed by atoms with van der Waals surface area (Å²) < 4.78 is 5.09. The highest BCUT2D eigenvalue weighted by atomic mass is 16.6. The van der Waals surface area contributed by atoms with Crippen LogP contribution in [0.3, 0.4) is 0 Å². The molecule has 0 radical (unpaired) electrons. The maximum Gasteiger partial charge on any atom is 0.157 e. The lowest BCUT2D eigenvalue weighted by Gasteiger charge is -2.35. The Morgan fingerprint density at radius 2 is 2.09 bits per heavy atom. The third-order valence-electron chi connectivity index (χ3n) is 2.07. The maximum absolute atomic E-state index is 9.41. The zero-order chi connectivity index (χ0) is 8.43. The van der Waals surface area contributed by atoms with E-state index in [0.29, 0.717) is 0 Å². The molecule has 0 amide bonds. The molecule has 4 nitrogen and oxygen atoms in total. The number of nitrogens with one attached hydrogen (secondary N) is 1. The van der Waals surface area contributed by atoms with Crippen LogP contribution in [0.1, 0.15) is 13.3 Å². The average Bonchev–Trinajstić information content (AvgIpc) is 1.85. The molecule has 0 aromatic heterocycles. The molecule has 1 fully saturated rings. The van der Waals surface area contributed by atoms with Gasteiger partial charge >= 0.3 is 0 Å². The van der Waals surface area contributed by atoms with E-state index in [4.69, 9.17) is 9.84 Å².